The molecule has 13 heavy (non-hydrogen) atoms. The number of rotatable bonds is 0. The van der Waals surface area contributed by atoms with Gasteiger partial charge in [-0.3, -0.25) is 0 Å². The summed E-state index contributed by atoms with van der Waals surface area (Å²) in [5.74, 6) is 0. The van der Waals surface area contributed by atoms with Gasteiger partial charge in [0.1, 0.15) is 0 Å². The zero-order chi connectivity index (χ0) is 8.84. The van der Waals surface area contributed by atoms with Gasteiger partial charge in [0.25, 0.3) is 0 Å². The van der Waals surface area contributed by atoms with Crippen LogP contribution in [0, 0.1) is 6.92 Å². The molecule has 66 valence electrons. The summed E-state index contributed by atoms with van der Waals surface area (Å²) in [6.45, 7) is 3.31. The molecule has 0 unspecified atom stereocenters. The van der Waals surface area contributed by atoms with Gasteiger partial charge in [-0.25, -0.2) is 0 Å². The third kappa shape index (κ3) is 0.923. The number of anilines is 1. The van der Waals surface area contributed by atoms with Crippen molar-refractivity contribution in [1.82, 2.24) is 0 Å². The summed E-state index contributed by atoms with van der Waals surface area (Å²) in [6, 6.07) is 4.44. The van der Waals surface area contributed by atoms with Crippen LogP contribution in [0.2, 0.25) is 0 Å². The molecule has 3 rings (SSSR count). The summed E-state index contributed by atoms with van der Waals surface area (Å²) < 4.78 is 1.43. The molecule has 0 radical (unpaired) electrons. The number of benzene rings is 1. The highest BCUT2D eigenvalue weighted by Crippen LogP contribution is 2.35. The van der Waals surface area contributed by atoms with E-state index in [1.54, 1.807) is 0 Å². The van der Waals surface area contributed by atoms with Crippen molar-refractivity contribution in [1.29, 1.82) is 0 Å². The molecular weight excluding hydrogens is 178 g/mol. The normalized spacial score (nSPS) is 14.5. The zero-order valence-electron chi connectivity index (χ0n) is 7.55. The minimum atomic E-state index is 1.10. The Bertz CT molecular complexity index is 470. The lowest BCUT2D eigenvalue weighted by Crippen LogP contribution is -1.90. The van der Waals surface area contributed by atoms with Gasteiger partial charge in [0.15, 0.2) is 0 Å². The van der Waals surface area contributed by atoms with E-state index < -0.39 is 0 Å². The van der Waals surface area contributed by atoms with Gasteiger partial charge in [0.05, 0.1) is 0 Å². The Morgan fingerprint density at radius 3 is 3.23 bits per heavy atom. The van der Waals surface area contributed by atoms with Gasteiger partial charge in [-0.1, -0.05) is 0 Å². The molecule has 1 aromatic carbocycles. The molecule has 2 heteroatoms. The summed E-state index contributed by atoms with van der Waals surface area (Å²) in [6.07, 6.45) is 1.18. The quantitative estimate of drug-likeness (QED) is 0.671. The van der Waals surface area contributed by atoms with Crippen molar-refractivity contribution in [3.05, 3.63) is 28.6 Å². The summed E-state index contributed by atoms with van der Waals surface area (Å²) >= 11 is 1.85. The predicted molar refractivity (Wildman–Crippen MR) is 58.8 cm³/mol. The maximum Gasteiger partial charge on any atom is 0.0380 e. The largest absolute Gasteiger partial charge is 0.384 e. The molecule has 0 fully saturated rings. The van der Waals surface area contributed by atoms with Crippen LogP contribution in [0.3, 0.4) is 0 Å². The van der Waals surface area contributed by atoms with Crippen LogP contribution >= 0.6 is 11.3 Å². The first-order chi connectivity index (χ1) is 6.36. The summed E-state index contributed by atoms with van der Waals surface area (Å²) in [4.78, 5) is 0. The Kier molecular flexibility index (Phi) is 1.41. The average Bonchev–Trinajstić information content (AvgIpc) is 2.70. The Morgan fingerprint density at radius 2 is 2.31 bits per heavy atom. The van der Waals surface area contributed by atoms with Crippen LogP contribution in [0.15, 0.2) is 17.5 Å². The van der Waals surface area contributed by atoms with E-state index in [0.29, 0.717) is 0 Å². The van der Waals surface area contributed by atoms with Crippen molar-refractivity contribution in [2.24, 2.45) is 0 Å². The fourth-order valence-corrected chi connectivity index (χ4v) is 3.09. The van der Waals surface area contributed by atoms with Crippen LogP contribution in [0.5, 0.6) is 0 Å². The van der Waals surface area contributed by atoms with Crippen LogP contribution in [0.4, 0.5) is 5.69 Å². The molecule has 2 aromatic rings. The Balaban J connectivity index is 2.47. The molecular formula is C11H11NS. The lowest BCUT2D eigenvalue weighted by molar-refractivity contribution is 1.11. The summed E-state index contributed by atoms with van der Waals surface area (Å²) in [7, 11) is 0. The van der Waals surface area contributed by atoms with Gasteiger partial charge in [0, 0.05) is 22.3 Å². The molecule has 0 saturated heterocycles. The molecule has 0 saturated carbocycles. The van der Waals surface area contributed by atoms with E-state index >= 15 is 0 Å². The maximum absolute atomic E-state index is 3.41. The number of fused-ring (bicyclic) bond motifs is 3. The molecule has 1 N–H and O–H groups in total. The van der Waals surface area contributed by atoms with Crippen LogP contribution in [0.25, 0.3) is 10.1 Å². The van der Waals surface area contributed by atoms with E-state index in [4.69, 9.17) is 0 Å². The number of hydrogen-bond acceptors (Lipinski definition) is 2. The minimum Gasteiger partial charge on any atom is -0.384 e. The van der Waals surface area contributed by atoms with Gasteiger partial charge in [-0.2, -0.15) is 0 Å². The predicted octanol–water partition coefficient (Wildman–Crippen LogP) is 3.18. The molecule has 0 aliphatic carbocycles. The van der Waals surface area contributed by atoms with Crippen molar-refractivity contribution in [3.63, 3.8) is 0 Å². The Hall–Kier alpha value is -1.02. The number of thiophene rings is 1. The van der Waals surface area contributed by atoms with E-state index in [1.807, 2.05) is 11.3 Å². The second-order valence-corrected chi connectivity index (χ2v) is 4.47. The first-order valence-corrected chi connectivity index (χ1v) is 5.48. The molecule has 1 aromatic heterocycles. The van der Waals surface area contributed by atoms with E-state index in [1.165, 1.54) is 33.3 Å². The van der Waals surface area contributed by atoms with Gasteiger partial charge >= 0.3 is 0 Å². The van der Waals surface area contributed by atoms with Gasteiger partial charge < -0.3 is 5.32 Å². The van der Waals surface area contributed by atoms with E-state index in [9.17, 15) is 0 Å². The molecule has 2 heterocycles. The van der Waals surface area contributed by atoms with Crippen molar-refractivity contribution in [2.45, 2.75) is 13.3 Å². The van der Waals surface area contributed by atoms with Crippen LogP contribution in [-0.2, 0) is 6.42 Å². The monoisotopic (exact) mass is 189 g/mol. The topological polar surface area (TPSA) is 12.0 Å². The number of aryl methyl sites for hydroxylation is 1. The van der Waals surface area contributed by atoms with Gasteiger partial charge in [-0.05, 0) is 42.0 Å². The summed E-state index contributed by atoms with van der Waals surface area (Å²) in [5, 5.41) is 7.16. The van der Waals surface area contributed by atoms with Gasteiger partial charge in [-0.15, -0.1) is 11.3 Å². The molecule has 0 atom stereocenters. The second-order valence-electron chi connectivity index (χ2n) is 3.56. The smallest absolute Gasteiger partial charge is 0.0380 e. The lowest BCUT2D eigenvalue weighted by Gasteiger charge is -2.01. The van der Waals surface area contributed by atoms with Crippen molar-refractivity contribution < 1.29 is 0 Å². The van der Waals surface area contributed by atoms with Gasteiger partial charge in [0.2, 0.25) is 0 Å². The van der Waals surface area contributed by atoms with Crippen molar-refractivity contribution in [3.8, 4) is 0 Å². The summed E-state index contributed by atoms with van der Waals surface area (Å²) in [5.41, 5.74) is 4.30. The maximum atomic E-state index is 3.41. The minimum absolute atomic E-state index is 1.10. The Labute approximate surface area is 81.4 Å². The van der Waals surface area contributed by atoms with E-state index in [0.717, 1.165) is 6.54 Å². The lowest BCUT2D eigenvalue weighted by atomic mass is 10.1. The highest BCUT2D eigenvalue weighted by molar-refractivity contribution is 7.17. The average molecular weight is 189 g/mol. The van der Waals surface area contributed by atoms with Crippen LogP contribution in [-0.4, -0.2) is 6.54 Å². The third-order valence-electron chi connectivity index (χ3n) is 2.72. The van der Waals surface area contributed by atoms with E-state index in [2.05, 4.69) is 29.8 Å². The van der Waals surface area contributed by atoms with Crippen molar-refractivity contribution in [2.75, 3.05) is 11.9 Å². The number of nitrogens with one attached hydrogen (secondary N) is 1. The standard InChI is InChI=1S/C11H11NS/c1-7-6-13-10-3-2-9-8(11(7)10)4-5-12-9/h2-3,6,12H,4-5H2,1H3. The zero-order valence-corrected chi connectivity index (χ0v) is 8.37. The first kappa shape index (κ1) is 7.39. The first-order valence-electron chi connectivity index (χ1n) is 4.60. The van der Waals surface area contributed by atoms with Crippen LogP contribution < -0.4 is 5.32 Å². The highest BCUT2D eigenvalue weighted by Gasteiger charge is 2.14. The molecule has 1 nitrogen and oxygen atoms in total. The molecule has 0 amide bonds. The second kappa shape index (κ2) is 2.48. The van der Waals surface area contributed by atoms with Crippen molar-refractivity contribution >= 4 is 27.1 Å². The SMILES string of the molecule is Cc1csc2ccc3c(c12)CCN3. The molecule has 1 aliphatic heterocycles. The highest BCUT2D eigenvalue weighted by atomic mass is 32.1. The fourth-order valence-electron chi connectivity index (χ4n) is 2.12. The number of hydrogen-bond donors (Lipinski definition) is 1. The molecule has 0 spiro atoms. The molecule has 1 aliphatic rings. The fraction of sp³-hybridized carbons (Fsp3) is 0.273. The Morgan fingerprint density at radius 1 is 1.38 bits per heavy atom. The van der Waals surface area contributed by atoms with E-state index in [-0.39, 0.29) is 0 Å². The molecule has 0 bridgehead atoms. The van der Waals surface area contributed by atoms with Crippen LogP contribution in [0.1, 0.15) is 11.1 Å². The third-order valence-corrected chi connectivity index (χ3v) is 3.79.